The fourth-order valence-electron chi connectivity index (χ4n) is 4.92. The number of amides is 1. The van der Waals surface area contributed by atoms with Gasteiger partial charge >= 0.3 is 5.91 Å². The molecule has 2 heterocycles. The van der Waals surface area contributed by atoms with Crippen molar-refractivity contribution < 1.29 is 38.0 Å². The highest BCUT2D eigenvalue weighted by Crippen LogP contribution is 2.48. The maximum absolute atomic E-state index is 14.2. The van der Waals surface area contributed by atoms with Crippen LogP contribution in [0.3, 0.4) is 0 Å². The molecule has 1 N–H and O–H groups in total. The molecule has 10 nitrogen and oxygen atoms in total. The number of aliphatic hydroxyl groups excluding tert-OH is 1. The molecule has 4 aromatic rings. The second kappa shape index (κ2) is 14.6. The highest BCUT2D eigenvalue weighted by atomic mass is 32.2. The van der Waals surface area contributed by atoms with Gasteiger partial charge in [-0.3, -0.25) is 14.5 Å². The first-order valence-corrected chi connectivity index (χ1v) is 16.1. The van der Waals surface area contributed by atoms with Crippen LogP contribution in [-0.2, 0) is 15.3 Å². The van der Waals surface area contributed by atoms with E-state index in [0.717, 1.165) is 24.2 Å². The Hall–Kier alpha value is -4.62. The Morgan fingerprint density at radius 3 is 2.33 bits per heavy atom. The van der Waals surface area contributed by atoms with Crippen LogP contribution in [0.4, 0.5) is 9.52 Å². The molecule has 13 heteroatoms. The molecule has 1 aromatic heterocycles. The average Bonchev–Trinajstić information content (AvgIpc) is 3.65. The first kappa shape index (κ1) is 32.8. The fraction of sp³-hybridized carbons (Fsp3) is 0.273. The number of benzene rings is 3. The van der Waals surface area contributed by atoms with Crippen LogP contribution in [0, 0.1) is 5.82 Å². The van der Waals surface area contributed by atoms with Crippen molar-refractivity contribution in [3.63, 3.8) is 0 Å². The molecule has 0 unspecified atom stereocenters. The number of thioether (sulfide) groups is 1. The topological polar surface area (TPSA) is 120 Å². The standard InChI is InChI=1S/C33H32FN3O7S2/c1-5-6-15-44-22-13-11-19(12-14-22)28(38)26-27(21-16-24(41-2)30(43-4)25(17-21)42-3)37(31(40)29(26)39)32-35-36-33(46-32)45-18-20-9-7-8-10-23(20)34/h7-14,16-17,27,38H,5-6,15,18H2,1-4H3/t27-/m1/s1. The number of aromatic nitrogens is 2. The van der Waals surface area contributed by atoms with E-state index < -0.39 is 17.7 Å². The number of unbranched alkanes of at least 4 members (excludes halogenated alkanes) is 1. The summed E-state index contributed by atoms with van der Waals surface area (Å²) in [6.07, 6.45) is 1.88. The molecule has 1 amide bonds. The number of hydrogen-bond acceptors (Lipinski definition) is 11. The van der Waals surface area contributed by atoms with E-state index in [1.165, 1.54) is 44.1 Å². The number of halogens is 1. The number of methoxy groups -OCH3 is 3. The molecule has 1 atom stereocenters. The van der Waals surface area contributed by atoms with Crippen LogP contribution in [0.15, 0.2) is 70.6 Å². The van der Waals surface area contributed by atoms with E-state index in [4.69, 9.17) is 18.9 Å². The van der Waals surface area contributed by atoms with Gasteiger partial charge in [0.15, 0.2) is 15.8 Å². The minimum absolute atomic E-state index is 0.121. The maximum atomic E-state index is 14.2. The van der Waals surface area contributed by atoms with Crippen LogP contribution in [0.1, 0.15) is 42.5 Å². The highest BCUT2D eigenvalue weighted by molar-refractivity contribution is 8.00. The van der Waals surface area contributed by atoms with Crippen LogP contribution >= 0.6 is 23.1 Å². The number of anilines is 1. The van der Waals surface area contributed by atoms with Crippen LogP contribution in [0.5, 0.6) is 23.0 Å². The Labute approximate surface area is 273 Å². The lowest BCUT2D eigenvalue weighted by atomic mass is 9.94. The smallest absolute Gasteiger partial charge is 0.301 e. The van der Waals surface area contributed by atoms with Gasteiger partial charge in [0.1, 0.15) is 17.3 Å². The molecule has 3 aromatic carbocycles. The molecule has 0 radical (unpaired) electrons. The van der Waals surface area contributed by atoms with Gasteiger partial charge in [-0.1, -0.05) is 54.6 Å². The molecule has 0 aliphatic carbocycles. The molecule has 0 spiro atoms. The Kier molecular flexibility index (Phi) is 10.4. The van der Waals surface area contributed by atoms with Gasteiger partial charge in [-0.05, 0) is 60.0 Å². The number of hydrogen-bond donors (Lipinski definition) is 1. The van der Waals surface area contributed by atoms with Crippen molar-refractivity contribution in [2.75, 3.05) is 32.8 Å². The van der Waals surface area contributed by atoms with Crippen LogP contribution < -0.4 is 23.8 Å². The summed E-state index contributed by atoms with van der Waals surface area (Å²) in [7, 11) is 4.36. The van der Waals surface area contributed by atoms with Crippen molar-refractivity contribution >= 4 is 45.7 Å². The summed E-state index contributed by atoms with van der Waals surface area (Å²) in [5.41, 5.74) is 1.04. The third-order valence-corrected chi connectivity index (χ3v) is 9.36. The van der Waals surface area contributed by atoms with Crippen molar-refractivity contribution in [3.8, 4) is 23.0 Å². The van der Waals surface area contributed by atoms with Gasteiger partial charge in [-0.25, -0.2) is 4.39 Å². The minimum atomic E-state index is -1.13. The zero-order chi connectivity index (χ0) is 32.8. The zero-order valence-corrected chi connectivity index (χ0v) is 27.2. The number of rotatable bonds is 13. The van der Waals surface area contributed by atoms with Crippen molar-refractivity contribution in [3.05, 3.63) is 88.7 Å². The van der Waals surface area contributed by atoms with Crippen molar-refractivity contribution in [1.82, 2.24) is 10.2 Å². The van der Waals surface area contributed by atoms with Gasteiger partial charge < -0.3 is 24.1 Å². The molecular weight excluding hydrogens is 634 g/mol. The van der Waals surface area contributed by atoms with E-state index in [-0.39, 0.29) is 39.5 Å². The van der Waals surface area contributed by atoms with Crippen LogP contribution in [-0.4, -0.2) is 54.9 Å². The molecule has 46 heavy (non-hydrogen) atoms. The number of ketones is 1. The summed E-state index contributed by atoms with van der Waals surface area (Å²) in [6.45, 7) is 2.62. The van der Waals surface area contributed by atoms with E-state index >= 15 is 0 Å². The van der Waals surface area contributed by atoms with Crippen LogP contribution in [0.2, 0.25) is 0 Å². The monoisotopic (exact) mass is 665 g/mol. The molecule has 5 rings (SSSR count). The molecule has 0 saturated carbocycles. The van der Waals surface area contributed by atoms with Gasteiger partial charge in [-0.2, -0.15) is 0 Å². The molecule has 1 fully saturated rings. The molecule has 1 aliphatic rings. The third kappa shape index (κ3) is 6.65. The minimum Gasteiger partial charge on any atom is -0.507 e. The van der Waals surface area contributed by atoms with Gasteiger partial charge in [0, 0.05) is 11.3 Å². The summed E-state index contributed by atoms with van der Waals surface area (Å²) in [6, 6.07) is 15.1. The van der Waals surface area contributed by atoms with E-state index in [2.05, 4.69) is 17.1 Å². The first-order chi connectivity index (χ1) is 22.3. The molecule has 1 saturated heterocycles. The van der Waals surface area contributed by atoms with Gasteiger partial charge in [0.25, 0.3) is 5.78 Å². The second-order valence-electron chi connectivity index (χ2n) is 10.1. The number of aliphatic hydroxyl groups is 1. The molecular formula is C33H32FN3O7S2. The Balaban J connectivity index is 1.58. The molecule has 0 bridgehead atoms. The second-order valence-corrected chi connectivity index (χ2v) is 12.3. The maximum Gasteiger partial charge on any atom is 0.301 e. The largest absolute Gasteiger partial charge is 0.507 e. The SMILES string of the molecule is CCCCOc1ccc(C(O)=C2C(=O)C(=O)N(c3nnc(SCc4ccccc4F)s3)[C@@H]2c2cc(OC)c(OC)c(OC)c2)cc1. The zero-order valence-electron chi connectivity index (χ0n) is 25.6. The Bertz CT molecular complexity index is 1740. The summed E-state index contributed by atoms with van der Waals surface area (Å²) < 4.78 is 37.0. The number of carbonyl (C=O) groups is 2. The van der Waals surface area contributed by atoms with Gasteiger partial charge in [0.2, 0.25) is 10.9 Å². The summed E-state index contributed by atoms with van der Waals surface area (Å²) in [5.74, 6) is -0.741. The van der Waals surface area contributed by atoms with Crippen molar-refractivity contribution in [2.45, 2.75) is 35.9 Å². The first-order valence-electron chi connectivity index (χ1n) is 14.3. The third-order valence-electron chi connectivity index (χ3n) is 7.25. The van der Waals surface area contributed by atoms with Gasteiger partial charge in [0.05, 0.1) is 39.6 Å². The van der Waals surface area contributed by atoms with E-state index in [1.54, 1.807) is 54.6 Å². The van der Waals surface area contributed by atoms with Crippen molar-refractivity contribution in [1.29, 1.82) is 0 Å². The van der Waals surface area contributed by atoms with Crippen LogP contribution in [0.25, 0.3) is 5.76 Å². The molecule has 1 aliphatic heterocycles. The molecule has 240 valence electrons. The fourth-order valence-corrected chi connectivity index (χ4v) is 6.77. The summed E-state index contributed by atoms with van der Waals surface area (Å²) in [5, 5.41) is 20.1. The number of nitrogens with zero attached hydrogens (tertiary/aromatic N) is 3. The lowest BCUT2D eigenvalue weighted by Crippen LogP contribution is -2.29. The number of Topliss-reactive ketones (excluding diaryl/α,β-unsaturated/α-hetero) is 1. The van der Waals surface area contributed by atoms with E-state index in [0.29, 0.717) is 39.1 Å². The highest BCUT2D eigenvalue weighted by Gasteiger charge is 2.49. The quantitative estimate of drug-likeness (QED) is 0.0408. The Morgan fingerprint density at radius 1 is 1.00 bits per heavy atom. The number of carbonyl (C=O) groups excluding carboxylic acids is 2. The summed E-state index contributed by atoms with van der Waals surface area (Å²) >= 11 is 2.32. The lowest BCUT2D eigenvalue weighted by Gasteiger charge is -2.24. The lowest BCUT2D eigenvalue weighted by molar-refractivity contribution is -0.132. The normalized spacial score (nSPS) is 15.7. The predicted octanol–water partition coefficient (Wildman–Crippen LogP) is 6.80. The van der Waals surface area contributed by atoms with E-state index in [1.807, 2.05) is 0 Å². The average molecular weight is 666 g/mol. The Morgan fingerprint density at radius 2 is 1.70 bits per heavy atom. The van der Waals surface area contributed by atoms with Gasteiger partial charge in [-0.15, -0.1) is 10.2 Å². The number of ether oxygens (including phenoxy) is 4. The predicted molar refractivity (Wildman–Crippen MR) is 174 cm³/mol. The van der Waals surface area contributed by atoms with Crippen molar-refractivity contribution in [2.24, 2.45) is 0 Å². The summed E-state index contributed by atoms with van der Waals surface area (Å²) in [4.78, 5) is 28.6. The van der Waals surface area contributed by atoms with E-state index in [9.17, 15) is 19.1 Å².